The highest BCUT2D eigenvalue weighted by molar-refractivity contribution is 5.97. The van der Waals surface area contributed by atoms with Crippen molar-refractivity contribution < 1.29 is 67.3 Å². The molecule has 1 aromatic carbocycles. The van der Waals surface area contributed by atoms with E-state index in [0.29, 0.717) is 5.56 Å². The number of hydrogen-bond donors (Lipinski definition) is 12. The van der Waals surface area contributed by atoms with E-state index in [0.717, 1.165) is 0 Å². The number of aliphatic hydroxyl groups excluding tert-OH is 1. The third-order valence-corrected chi connectivity index (χ3v) is 10.6. The SMILES string of the molecule is CC(C)C[C@@H]1NC(=O)[C@@H](Cc2ccccc2)NC(=O)[C@H](CCNC(=O)OC(C)(C)C)NC(=O)[C@@H](N)CCNC(=O)[C@H]([C@@H](C)O)NC(=O)[C@H](CCNC(=O)OC(C)(C)C)NC(=O)C(CCNC(=O)OC(C)(C)C)NC1=O. The number of rotatable bonds is 14. The Bertz CT molecular complexity index is 2100. The van der Waals surface area contributed by atoms with Gasteiger partial charge in [-0.15, -0.1) is 0 Å². The Morgan fingerprint density at radius 1 is 0.560 bits per heavy atom. The number of carbonyl (C=O) groups is 10. The first-order valence-electron chi connectivity index (χ1n) is 25.2. The van der Waals surface area contributed by atoms with Crippen LogP contribution in [0.3, 0.4) is 0 Å². The maximum Gasteiger partial charge on any atom is 0.407 e. The first kappa shape index (κ1) is 64.4. The Morgan fingerprint density at radius 2 is 0.920 bits per heavy atom. The van der Waals surface area contributed by atoms with Crippen LogP contribution in [-0.2, 0) is 54.2 Å². The van der Waals surface area contributed by atoms with Crippen LogP contribution >= 0.6 is 0 Å². The molecule has 0 saturated carbocycles. The number of nitrogens with two attached hydrogens (primary N) is 1. The molecule has 1 aliphatic rings. The molecule has 0 aliphatic carbocycles. The van der Waals surface area contributed by atoms with E-state index in [2.05, 4.69) is 53.2 Å². The number of carbonyl (C=O) groups excluding carboxylic acids is 10. The third kappa shape index (κ3) is 26.3. The lowest BCUT2D eigenvalue weighted by molar-refractivity contribution is -0.136. The summed E-state index contributed by atoms with van der Waals surface area (Å²) in [5.74, 6) is -6.55. The predicted octanol–water partition coefficient (Wildman–Crippen LogP) is 0.156. The van der Waals surface area contributed by atoms with E-state index in [1.54, 1.807) is 106 Å². The van der Waals surface area contributed by atoms with Crippen LogP contribution in [0.1, 0.15) is 121 Å². The number of alkyl carbamates (subject to hydrolysis) is 3. The molecule has 0 radical (unpaired) electrons. The summed E-state index contributed by atoms with van der Waals surface area (Å²) in [5, 5.41) is 36.4. The molecule has 1 aromatic rings. The van der Waals surface area contributed by atoms with Crippen LogP contribution in [0, 0.1) is 5.92 Å². The Hall–Kier alpha value is -6.76. The number of nitrogens with one attached hydrogen (secondary N) is 10. The van der Waals surface area contributed by atoms with Gasteiger partial charge in [-0.1, -0.05) is 44.2 Å². The van der Waals surface area contributed by atoms with Gasteiger partial charge in [-0.3, -0.25) is 33.6 Å². The minimum atomic E-state index is -1.65. The lowest BCUT2D eigenvalue weighted by Crippen LogP contribution is -2.61. The van der Waals surface area contributed by atoms with Gasteiger partial charge < -0.3 is 78.2 Å². The van der Waals surface area contributed by atoms with Gasteiger partial charge in [0.05, 0.1) is 12.1 Å². The molecule has 0 bridgehead atoms. The zero-order valence-corrected chi connectivity index (χ0v) is 45.5. The van der Waals surface area contributed by atoms with Crippen molar-refractivity contribution in [2.75, 3.05) is 26.2 Å². The molecule has 10 amide bonds. The van der Waals surface area contributed by atoms with Crippen molar-refractivity contribution in [1.82, 2.24) is 53.2 Å². The summed E-state index contributed by atoms with van der Waals surface area (Å²) in [4.78, 5) is 137. The molecule has 75 heavy (non-hydrogen) atoms. The summed E-state index contributed by atoms with van der Waals surface area (Å²) >= 11 is 0. The van der Waals surface area contributed by atoms with Gasteiger partial charge in [-0.2, -0.15) is 0 Å². The number of amides is 10. The molecular weight excluding hydrogens is 979 g/mol. The average Bonchev–Trinajstić information content (AvgIpc) is 3.26. The molecule has 1 saturated heterocycles. The fourth-order valence-electron chi connectivity index (χ4n) is 7.09. The summed E-state index contributed by atoms with van der Waals surface area (Å²) in [6, 6.07) is -1.67. The third-order valence-electron chi connectivity index (χ3n) is 10.6. The monoisotopic (exact) mass is 1060 g/mol. The van der Waals surface area contributed by atoms with Gasteiger partial charge >= 0.3 is 18.3 Å². The van der Waals surface area contributed by atoms with Crippen molar-refractivity contribution in [3.05, 3.63) is 35.9 Å². The average molecular weight is 1060 g/mol. The highest BCUT2D eigenvalue weighted by Crippen LogP contribution is 2.13. The number of benzene rings is 1. The standard InChI is InChI=1S/C50H83N11O14/c1-28(2)26-35-42(67)58-33(20-24-54-46(71)74-49(7,8)9)39(64)57-34(21-25-55-47(72)75-50(10,11)12)41(66)61-37(29(3)62)44(69)52-22-18-31(51)38(63)56-32(19-23-53-45(70)73-48(4,5)6)40(65)60-36(43(68)59-35)27-30-16-14-13-15-17-30/h13-17,28-29,31-37,62H,18-27,51H2,1-12H3,(H,52,69)(H,53,70)(H,54,71)(H,55,72)(H,56,63)(H,57,64)(H,58,67)(H,59,68)(H,60,65)(H,61,66)/t29-,31+,32+,33?,34+,35+,36-,37+/m1/s1. The van der Waals surface area contributed by atoms with Gasteiger partial charge in [-0.05, 0) is 113 Å². The summed E-state index contributed by atoms with van der Waals surface area (Å²) in [6.07, 6.45) is -5.18. The second-order valence-corrected chi connectivity index (χ2v) is 21.7. The maximum absolute atomic E-state index is 14.5. The van der Waals surface area contributed by atoms with Crippen molar-refractivity contribution in [2.24, 2.45) is 11.7 Å². The molecular formula is C50H83N11O14. The quantitative estimate of drug-likeness (QED) is 0.110. The number of aliphatic hydroxyl groups is 1. The molecule has 0 spiro atoms. The van der Waals surface area contributed by atoms with Crippen LogP contribution in [-0.4, -0.2) is 156 Å². The normalized spacial score (nSPS) is 22.8. The molecule has 1 unspecified atom stereocenters. The molecule has 1 aliphatic heterocycles. The molecule has 0 aromatic heterocycles. The summed E-state index contributed by atoms with van der Waals surface area (Å²) in [5.41, 5.74) is 4.23. The molecule has 25 heteroatoms. The summed E-state index contributed by atoms with van der Waals surface area (Å²) in [7, 11) is 0. The fraction of sp³-hybridized carbons (Fsp3) is 0.680. The largest absolute Gasteiger partial charge is 0.444 e. The first-order chi connectivity index (χ1) is 34.7. The van der Waals surface area contributed by atoms with Gasteiger partial charge in [0.1, 0.15) is 53.1 Å². The zero-order chi connectivity index (χ0) is 56.8. The van der Waals surface area contributed by atoms with Crippen LogP contribution in [0.25, 0.3) is 0 Å². The Morgan fingerprint density at radius 3 is 1.32 bits per heavy atom. The van der Waals surface area contributed by atoms with E-state index < -0.39 is 125 Å². The van der Waals surface area contributed by atoms with Crippen molar-refractivity contribution in [1.29, 1.82) is 0 Å². The fourth-order valence-corrected chi connectivity index (χ4v) is 7.09. The molecule has 8 atom stereocenters. The zero-order valence-electron chi connectivity index (χ0n) is 45.5. The van der Waals surface area contributed by atoms with E-state index in [1.165, 1.54) is 6.92 Å². The minimum absolute atomic E-state index is 0.00510. The lowest BCUT2D eigenvalue weighted by atomic mass is 10.00. The topological polar surface area (TPSA) is 365 Å². The smallest absolute Gasteiger partial charge is 0.407 e. The summed E-state index contributed by atoms with van der Waals surface area (Å²) in [6.45, 7) is 18.6. The Balaban J connectivity index is 2.75. The molecule has 25 nitrogen and oxygen atoms in total. The molecule has 1 heterocycles. The van der Waals surface area contributed by atoms with E-state index >= 15 is 0 Å². The Labute approximate surface area is 439 Å². The highest BCUT2D eigenvalue weighted by atomic mass is 16.6. The molecule has 13 N–H and O–H groups in total. The van der Waals surface area contributed by atoms with E-state index in [1.807, 2.05) is 0 Å². The van der Waals surface area contributed by atoms with Crippen LogP contribution in [0.5, 0.6) is 0 Å². The van der Waals surface area contributed by atoms with Crippen molar-refractivity contribution in [3.63, 3.8) is 0 Å². The maximum atomic E-state index is 14.5. The van der Waals surface area contributed by atoms with Gasteiger partial charge in [0.2, 0.25) is 41.4 Å². The second kappa shape index (κ2) is 30.0. The molecule has 1 fully saturated rings. The van der Waals surface area contributed by atoms with E-state index in [9.17, 15) is 53.1 Å². The highest BCUT2D eigenvalue weighted by Gasteiger charge is 2.36. The first-order valence-corrected chi connectivity index (χ1v) is 25.2. The number of ether oxygens (including phenoxy) is 3. The summed E-state index contributed by atoms with van der Waals surface area (Å²) < 4.78 is 15.9. The number of hydrogen-bond acceptors (Lipinski definition) is 15. The predicted molar refractivity (Wildman–Crippen MR) is 275 cm³/mol. The Kier molecular flexibility index (Phi) is 25.7. The van der Waals surface area contributed by atoms with Crippen LogP contribution < -0.4 is 58.9 Å². The second-order valence-electron chi connectivity index (χ2n) is 21.7. The van der Waals surface area contributed by atoms with Gasteiger partial charge in [0, 0.05) is 32.6 Å². The lowest BCUT2D eigenvalue weighted by Gasteiger charge is -2.29. The van der Waals surface area contributed by atoms with E-state index in [4.69, 9.17) is 19.9 Å². The van der Waals surface area contributed by atoms with E-state index in [-0.39, 0.29) is 70.6 Å². The van der Waals surface area contributed by atoms with Gasteiger partial charge in [0.25, 0.3) is 0 Å². The molecule has 422 valence electrons. The van der Waals surface area contributed by atoms with Crippen LogP contribution in [0.2, 0.25) is 0 Å². The van der Waals surface area contributed by atoms with Crippen LogP contribution in [0.15, 0.2) is 30.3 Å². The van der Waals surface area contributed by atoms with Gasteiger partial charge in [-0.25, -0.2) is 14.4 Å². The van der Waals surface area contributed by atoms with Crippen molar-refractivity contribution >= 4 is 59.6 Å². The van der Waals surface area contributed by atoms with Crippen LogP contribution in [0.4, 0.5) is 14.4 Å². The molecule has 2 rings (SSSR count). The van der Waals surface area contributed by atoms with Crippen molar-refractivity contribution in [2.45, 2.75) is 187 Å². The minimum Gasteiger partial charge on any atom is -0.444 e. The van der Waals surface area contributed by atoms with Crippen molar-refractivity contribution in [3.8, 4) is 0 Å². The van der Waals surface area contributed by atoms with Gasteiger partial charge in [0.15, 0.2) is 0 Å².